The minimum absolute atomic E-state index is 0.0851. The van der Waals surface area contributed by atoms with Crippen molar-refractivity contribution in [2.75, 3.05) is 11.5 Å². The third-order valence-corrected chi connectivity index (χ3v) is 8.51. The Morgan fingerprint density at radius 1 is 0.977 bits per heavy atom. The van der Waals surface area contributed by atoms with Crippen molar-refractivity contribution >= 4 is 11.6 Å². The highest BCUT2D eigenvalue weighted by atomic mass is 16.5. The Balaban J connectivity index is 1.35. The molecule has 1 amide bonds. The first kappa shape index (κ1) is 31.5. The number of carbonyl (C=O) groups excluding carboxylic acids is 1. The number of carbonyl (C=O) groups is 1. The molecule has 4 aromatic rings. The van der Waals surface area contributed by atoms with Crippen LogP contribution in [0.2, 0.25) is 0 Å². The average Bonchev–Trinajstić information content (AvgIpc) is 3.51. The summed E-state index contributed by atoms with van der Waals surface area (Å²) < 4.78 is 8.28. The molecule has 1 unspecified atom stereocenters. The number of nitrogens with zero attached hydrogens (tertiary/aromatic N) is 4. The number of ether oxygens (including phenoxy) is 1. The van der Waals surface area contributed by atoms with Crippen LogP contribution in [0.5, 0.6) is 5.75 Å². The molecule has 1 aliphatic carbocycles. The Bertz CT molecular complexity index is 1470. The number of hydrogen-bond acceptors (Lipinski definition) is 5. The molecule has 44 heavy (non-hydrogen) atoms. The van der Waals surface area contributed by atoms with Gasteiger partial charge in [-0.1, -0.05) is 75.6 Å². The highest BCUT2D eigenvalue weighted by molar-refractivity contribution is 5.98. The highest BCUT2D eigenvalue weighted by Gasteiger charge is 2.32. The standard InChI is InChI=1S/C37H46N4O3/c1-28(2)35-20-19-31(24-38-35)41(26-30-23-39-40(25-30)21-9-4-3-5-10-22-42)37(43)34-17-11-16-33-32(34)15-12-18-36(33)44-27-29-13-7-6-8-14-29/h6-8,12-15,18-20,23-25,28,34,42H,3-5,9-11,16-17,21-22,26-27H2,1-2H3. The fourth-order valence-corrected chi connectivity index (χ4v) is 6.03. The van der Waals surface area contributed by atoms with E-state index in [2.05, 4.69) is 43.3 Å². The van der Waals surface area contributed by atoms with Gasteiger partial charge in [-0.15, -0.1) is 0 Å². The van der Waals surface area contributed by atoms with E-state index in [9.17, 15) is 4.79 Å². The molecule has 0 radical (unpaired) electrons. The van der Waals surface area contributed by atoms with Crippen molar-refractivity contribution < 1.29 is 14.6 Å². The number of aliphatic hydroxyl groups excluding tert-OH is 1. The Morgan fingerprint density at radius 2 is 1.80 bits per heavy atom. The van der Waals surface area contributed by atoms with Gasteiger partial charge in [-0.05, 0) is 72.9 Å². The van der Waals surface area contributed by atoms with Crippen LogP contribution in [-0.2, 0) is 30.9 Å². The van der Waals surface area contributed by atoms with E-state index in [1.165, 1.54) is 0 Å². The summed E-state index contributed by atoms with van der Waals surface area (Å²) in [6.45, 7) is 6.31. The second-order valence-electron chi connectivity index (χ2n) is 12.2. The minimum atomic E-state index is -0.252. The SMILES string of the molecule is CC(C)c1ccc(N(Cc2cnn(CCCCCCCO)c2)C(=O)C2CCCc3c(OCc4ccccc4)cccc32)cn1. The van der Waals surface area contributed by atoms with Gasteiger partial charge in [-0.2, -0.15) is 5.10 Å². The zero-order chi connectivity index (χ0) is 30.7. The summed E-state index contributed by atoms with van der Waals surface area (Å²) in [6, 6.07) is 20.4. The monoisotopic (exact) mass is 594 g/mol. The number of rotatable bonds is 15. The van der Waals surface area contributed by atoms with Crippen LogP contribution in [-0.4, -0.2) is 32.4 Å². The molecule has 0 saturated heterocycles. The number of aryl methyl sites for hydroxylation is 1. The fraction of sp³-hybridized carbons (Fsp3) is 0.432. The van der Waals surface area contributed by atoms with Gasteiger partial charge in [0.1, 0.15) is 12.4 Å². The van der Waals surface area contributed by atoms with Crippen molar-refractivity contribution in [3.8, 4) is 5.75 Å². The van der Waals surface area contributed by atoms with Crippen LogP contribution in [0.3, 0.4) is 0 Å². The fourth-order valence-electron chi connectivity index (χ4n) is 6.03. The number of anilines is 1. The average molecular weight is 595 g/mol. The molecule has 2 heterocycles. The lowest BCUT2D eigenvalue weighted by Gasteiger charge is -2.31. The van der Waals surface area contributed by atoms with E-state index in [1.54, 1.807) is 0 Å². The van der Waals surface area contributed by atoms with Crippen LogP contribution < -0.4 is 9.64 Å². The van der Waals surface area contributed by atoms with E-state index in [0.29, 0.717) is 19.1 Å². The van der Waals surface area contributed by atoms with Crippen molar-refractivity contribution in [3.63, 3.8) is 0 Å². The topological polar surface area (TPSA) is 80.5 Å². The smallest absolute Gasteiger partial charge is 0.234 e. The van der Waals surface area contributed by atoms with Crippen molar-refractivity contribution in [1.82, 2.24) is 14.8 Å². The summed E-state index contributed by atoms with van der Waals surface area (Å²) in [5, 5.41) is 13.6. The van der Waals surface area contributed by atoms with E-state index >= 15 is 0 Å². The summed E-state index contributed by atoms with van der Waals surface area (Å²) in [5.74, 6) is 1.02. The van der Waals surface area contributed by atoms with Crippen LogP contribution >= 0.6 is 0 Å². The molecule has 2 aromatic heterocycles. The minimum Gasteiger partial charge on any atom is -0.489 e. The molecule has 0 spiro atoms. The lowest BCUT2D eigenvalue weighted by molar-refractivity contribution is -0.120. The number of pyridine rings is 1. The lowest BCUT2D eigenvalue weighted by Crippen LogP contribution is -2.36. The maximum absolute atomic E-state index is 14.5. The van der Waals surface area contributed by atoms with Crippen molar-refractivity contribution in [3.05, 3.63) is 107 Å². The van der Waals surface area contributed by atoms with Crippen LogP contribution in [0.15, 0.2) is 79.3 Å². The first-order valence-corrected chi connectivity index (χ1v) is 16.2. The molecule has 0 fully saturated rings. The van der Waals surface area contributed by atoms with Crippen LogP contribution in [0.1, 0.15) is 98.6 Å². The lowest BCUT2D eigenvalue weighted by atomic mass is 9.81. The molecule has 0 bridgehead atoms. The maximum atomic E-state index is 14.5. The third kappa shape index (κ3) is 8.14. The molecule has 1 N–H and O–H groups in total. The molecule has 1 atom stereocenters. The molecular weight excluding hydrogens is 548 g/mol. The predicted molar refractivity (Wildman–Crippen MR) is 175 cm³/mol. The summed E-state index contributed by atoms with van der Waals surface area (Å²) in [4.78, 5) is 21.1. The van der Waals surface area contributed by atoms with Gasteiger partial charge in [0, 0.05) is 30.6 Å². The highest BCUT2D eigenvalue weighted by Crippen LogP contribution is 2.39. The third-order valence-electron chi connectivity index (χ3n) is 8.51. The normalized spacial score (nSPS) is 14.4. The number of benzene rings is 2. The summed E-state index contributed by atoms with van der Waals surface area (Å²) >= 11 is 0. The quantitative estimate of drug-likeness (QED) is 0.144. The Kier molecular flexibility index (Phi) is 11.2. The van der Waals surface area contributed by atoms with Gasteiger partial charge in [-0.3, -0.25) is 14.5 Å². The summed E-state index contributed by atoms with van der Waals surface area (Å²) in [7, 11) is 0. The molecule has 7 nitrogen and oxygen atoms in total. The molecule has 1 aliphatic rings. The zero-order valence-electron chi connectivity index (χ0n) is 26.2. The van der Waals surface area contributed by atoms with Crippen molar-refractivity contribution in [2.45, 2.75) is 96.7 Å². The Labute approximate surface area is 261 Å². The first-order chi connectivity index (χ1) is 21.5. The van der Waals surface area contributed by atoms with Crippen molar-refractivity contribution in [1.29, 1.82) is 0 Å². The van der Waals surface area contributed by atoms with Crippen LogP contribution in [0, 0.1) is 0 Å². The number of unbranched alkanes of at least 4 members (excludes halogenated alkanes) is 4. The molecule has 5 rings (SSSR count). The van der Waals surface area contributed by atoms with Gasteiger partial charge in [0.25, 0.3) is 0 Å². The first-order valence-electron chi connectivity index (χ1n) is 16.2. The number of aromatic nitrogens is 3. The Morgan fingerprint density at radius 3 is 2.57 bits per heavy atom. The molecule has 2 aromatic carbocycles. The van der Waals surface area contributed by atoms with E-state index in [1.807, 2.05) is 64.4 Å². The molecule has 7 heteroatoms. The van der Waals surface area contributed by atoms with E-state index in [4.69, 9.17) is 14.8 Å². The van der Waals surface area contributed by atoms with Gasteiger partial charge < -0.3 is 14.7 Å². The maximum Gasteiger partial charge on any atom is 0.234 e. The van der Waals surface area contributed by atoms with Crippen molar-refractivity contribution in [2.24, 2.45) is 0 Å². The van der Waals surface area contributed by atoms with Crippen LogP contribution in [0.25, 0.3) is 0 Å². The van der Waals surface area contributed by atoms with Gasteiger partial charge in [0.2, 0.25) is 5.91 Å². The largest absolute Gasteiger partial charge is 0.489 e. The number of hydrogen-bond donors (Lipinski definition) is 1. The van der Waals surface area contributed by atoms with E-state index < -0.39 is 0 Å². The van der Waals surface area contributed by atoms with Gasteiger partial charge in [0.15, 0.2) is 0 Å². The van der Waals surface area contributed by atoms with Crippen LogP contribution in [0.4, 0.5) is 5.69 Å². The summed E-state index contributed by atoms with van der Waals surface area (Å²) in [5.41, 5.74) is 6.16. The number of amides is 1. The molecule has 232 valence electrons. The number of aliphatic hydroxyl groups is 1. The van der Waals surface area contributed by atoms with Gasteiger partial charge in [0.05, 0.1) is 30.5 Å². The molecule has 0 aliphatic heterocycles. The van der Waals surface area contributed by atoms with E-state index in [0.717, 1.165) is 97.3 Å². The summed E-state index contributed by atoms with van der Waals surface area (Å²) in [6.07, 6.45) is 13.6. The second kappa shape index (κ2) is 15.7. The van der Waals surface area contributed by atoms with Gasteiger partial charge >= 0.3 is 0 Å². The predicted octanol–water partition coefficient (Wildman–Crippen LogP) is 7.58. The zero-order valence-corrected chi connectivity index (χ0v) is 26.2. The van der Waals surface area contributed by atoms with E-state index in [-0.39, 0.29) is 18.4 Å². The Hall–Kier alpha value is -3.97. The van der Waals surface area contributed by atoms with Gasteiger partial charge in [-0.25, -0.2) is 0 Å². The molecular formula is C37H46N4O3. The molecule has 0 saturated carbocycles. The number of fused-ring (bicyclic) bond motifs is 1. The second-order valence-corrected chi connectivity index (χ2v) is 12.2.